The van der Waals surface area contributed by atoms with Crippen molar-refractivity contribution in [3.05, 3.63) is 88.1 Å². The first-order valence-electron chi connectivity index (χ1n) is 8.49. The zero-order valence-corrected chi connectivity index (χ0v) is 15.4. The summed E-state index contributed by atoms with van der Waals surface area (Å²) in [6.45, 7) is 0.156. The van der Waals surface area contributed by atoms with E-state index in [4.69, 9.17) is 9.47 Å². The Morgan fingerprint density at radius 3 is 2.61 bits per heavy atom. The van der Waals surface area contributed by atoms with Crippen molar-refractivity contribution in [2.45, 2.75) is 6.54 Å². The number of nitrogens with one attached hydrogen (secondary N) is 1. The molecule has 0 radical (unpaired) electrons. The predicted octanol–water partition coefficient (Wildman–Crippen LogP) is 3.31. The van der Waals surface area contributed by atoms with Crippen LogP contribution in [0.25, 0.3) is 0 Å². The molecule has 6 nitrogen and oxygen atoms in total. The highest BCUT2D eigenvalue weighted by Gasteiger charge is 2.15. The first-order valence-corrected chi connectivity index (χ1v) is 8.49. The summed E-state index contributed by atoms with van der Waals surface area (Å²) in [6, 6.07) is 13.9. The topological polar surface area (TPSA) is 69.6 Å². The number of anilines is 1. The van der Waals surface area contributed by atoms with Gasteiger partial charge in [-0.25, -0.2) is 4.39 Å². The van der Waals surface area contributed by atoms with Gasteiger partial charge in [0.2, 0.25) is 0 Å². The third-order valence-electron chi connectivity index (χ3n) is 4.16. The average molecular weight is 382 g/mol. The Balaban J connectivity index is 1.86. The van der Waals surface area contributed by atoms with Gasteiger partial charge in [0.15, 0.2) is 0 Å². The van der Waals surface area contributed by atoms with Gasteiger partial charge in [-0.3, -0.25) is 9.59 Å². The van der Waals surface area contributed by atoms with Gasteiger partial charge in [0.1, 0.15) is 22.9 Å². The summed E-state index contributed by atoms with van der Waals surface area (Å²) in [5.74, 6) is 0.0313. The molecule has 0 saturated carbocycles. The molecule has 144 valence electrons. The maximum absolute atomic E-state index is 13.4. The van der Waals surface area contributed by atoms with Crippen molar-refractivity contribution < 1.29 is 18.7 Å². The summed E-state index contributed by atoms with van der Waals surface area (Å²) in [4.78, 5) is 25.3. The number of methoxy groups -OCH3 is 2. The zero-order chi connectivity index (χ0) is 20.1. The van der Waals surface area contributed by atoms with Crippen LogP contribution in [0.5, 0.6) is 11.5 Å². The van der Waals surface area contributed by atoms with Crippen LogP contribution >= 0.6 is 0 Å². The first-order chi connectivity index (χ1) is 13.5. The van der Waals surface area contributed by atoms with Crippen molar-refractivity contribution in [1.29, 1.82) is 0 Å². The van der Waals surface area contributed by atoms with Crippen molar-refractivity contribution in [2.24, 2.45) is 0 Å². The summed E-state index contributed by atoms with van der Waals surface area (Å²) in [7, 11) is 3.00. The minimum atomic E-state index is -0.568. The lowest BCUT2D eigenvalue weighted by Crippen LogP contribution is -2.29. The van der Waals surface area contributed by atoms with E-state index in [9.17, 15) is 14.0 Å². The molecule has 0 atom stereocenters. The molecule has 0 fully saturated rings. The van der Waals surface area contributed by atoms with Crippen molar-refractivity contribution in [3.8, 4) is 11.5 Å². The van der Waals surface area contributed by atoms with E-state index in [1.54, 1.807) is 42.6 Å². The van der Waals surface area contributed by atoms with Gasteiger partial charge in [-0.2, -0.15) is 0 Å². The molecule has 1 aromatic heterocycles. The van der Waals surface area contributed by atoms with Crippen LogP contribution in [0, 0.1) is 5.82 Å². The number of amides is 1. The van der Waals surface area contributed by atoms with Crippen LogP contribution in [0.2, 0.25) is 0 Å². The molecule has 0 aliphatic heterocycles. The predicted molar refractivity (Wildman–Crippen MR) is 104 cm³/mol. The van der Waals surface area contributed by atoms with Crippen LogP contribution in [0.1, 0.15) is 15.9 Å². The quantitative estimate of drug-likeness (QED) is 0.710. The molecule has 0 bridgehead atoms. The number of pyridine rings is 1. The molecule has 1 heterocycles. The smallest absolute Gasteiger partial charge is 0.263 e. The van der Waals surface area contributed by atoms with Crippen LogP contribution in [-0.4, -0.2) is 24.7 Å². The van der Waals surface area contributed by atoms with E-state index >= 15 is 0 Å². The summed E-state index contributed by atoms with van der Waals surface area (Å²) in [5, 5.41) is 2.68. The largest absolute Gasteiger partial charge is 0.497 e. The summed E-state index contributed by atoms with van der Waals surface area (Å²) in [6.07, 6.45) is 1.55. The number of aromatic nitrogens is 1. The second-order valence-electron chi connectivity index (χ2n) is 6.01. The second-order valence-corrected chi connectivity index (χ2v) is 6.01. The maximum Gasteiger partial charge on any atom is 0.263 e. The highest BCUT2D eigenvalue weighted by molar-refractivity contribution is 6.04. The Labute approximate surface area is 161 Å². The number of carbonyl (C=O) groups is 1. The molecule has 3 rings (SSSR count). The lowest BCUT2D eigenvalue weighted by molar-refractivity contribution is 0.102. The highest BCUT2D eigenvalue weighted by atomic mass is 19.1. The molecule has 0 saturated heterocycles. The number of ether oxygens (including phenoxy) is 2. The van der Waals surface area contributed by atoms with Gasteiger partial charge in [0.25, 0.3) is 11.5 Å². The molecule has 0 aliphatic carbocycles. The Morgan fingerprint density at radius 1 is 1.07 bits per heavy atom. The molecule has 0 spiro atoms. The molecule has 3 aromatic rings. The lowest BCUT2D eigenvalue weighted by atomic mass is 10.2. The molecular formula is C21H19FN2O4. The van der Waals surface area contributed by atoms with Gasteiger partial charge >= 0.3 is 0 Å². The van der Waals surface area contributed by atoms with Crippen molar-refractivity contribution in [3.63, 3.8) is 0 Å². The third kappa shape index (κ3) is 4.20. The highest BCUT2D eigenvalue weighted by Crippen LogP contribution is 2.29. The van der Waals surface area contributed by atoms with Gasteiger partial charge < -0.3 is 19.4 Å². The maximum atomic E-state index is 13.4. The standard InChI is InChI=1S/C21H19FN2O4/c1-27-16-8-9-18(19(12-16)28-2)23-20(25)17-7-4-10-24(21(17)26)13-14-5-3-6-15(22)11-14/h3-12H,13H2,1-2H3,(H,23,25). The normalized spacial score (nSPS) is 10.4. The summed E-state index contributed by atoms with van der Waals surface area (Å²) < 4.78 is 25.1. The van der Waals surface area contributed by atoms with Crippen LogP contribution in [0.3, 0.4) is 0 Å². The second kappa shape index (κ2) is 8.39. The van der Waals surface area contributed by atoms with Gasteiger partial charge in [0.05, 0.1) is 26.5 Å². The number of halogens is 1. The minimum absolute atomic E-state index is 0.0308. The van der Waals surface area contributed by atoms with E-state index in [0.717, 1.165) is 0 Å². The van der Waals surface area contributed by atoms with Crippen molar-refractivity contribution >= 4 is 11.6 Å². The van der Waals surface area contributed by atoms with E-state index in [-0.39, 0.29) is 17.9 Å². The number of nitrogens with zero attached hydrogens (tertiary/aromatic N) is 1. The SMILES string of the molecule is COc1ccc(NC(=O)c2cccn(Cc3cccc(F)c3)c2=O)c(OC)c1. The van der Waals surface area contributed by atoms with Gasteiger partial charge in [-0.15, -0.1) is 0 Å². The van der Waals surface area contributed by atoms with Gasteiger partial charge in [0, 0.05) is 12.3 Å². The van der Waals surface area contributed by atoms with Gasteiger partial charge in [-0.05, 0) is 42.0 Å². The van der Waals surface area contributed by atoms with E-state index in [1.807, 2.05) is 0 Å². The van der Waals surface area contributed by atoms with E-state index < -0.39 is 11.5 Å². The van der Waals surface area contributed by atoms with E-state index in [1.165, 1.54) is 37.0 Å². The fourth-order valence-electron chi connectivity index (χ4n) is 2.76. The fraction of sp³-hybridized carbons (Fsp3) is 0.143. The summed E-state index contributed by atoms with van der Waals surface area (Å²) >= 11 is 0. The molecule has 2 aromatic carbocycles. The molecule has 7 heteroatoms. The van der Waals surface area contributed by atoms with Crippen LogP contribution in [0.4, 0.5) is 10.1 Å². The average Bonchev–Trinajstić information content (AvgIpc) is 2.70. The lowest BCUT2D eigenvalue weighted by Gasteiger charge is -2.12. The first kappa shape index (κ1) is 19.2. The van der Waals surface area contributed by atoms with Gasteiger partial charge in [-0.1, -0.05) is 12.1 Å². The molecule has 0 aliphatic rings. The van der Waals surface area contributed by atoms with Crippen molar-refractivity contribution in [1.82, 2.24) is 4.57 Å². The zero-order valence-electron chi connectivity index (χ0n) is 15.4. The number of hydrogen-bond donors (Lipinski definition) is 1. The molecule has 1 N–H and O–H groups in total. The summed E-state index contributed by atoms with van der Waals surface area (Å²) in [5.41, 5.74) is 0.526. The Bertz CT molecular complexity index is 1060. The Morgan fingerprint density at radius 2 is 1.89 bits per heavy atom. The number of rotatable bonds is 6. The van der Waals surface area contributed by atoms with E-state index in [0.29, 0.717) is 22.7 Å². The van der Waals surface area contributed by atoms with Crippen LogP contribution in [-0.2, 0) is 6.54 Å². The van der Waals surface area contributed by atoms with E-state index in [2.05, 4.69) is 5.32 Å². The van der Waals surface area contributed by atoms with Crippen LogP contribution < -0.4 is 20.3 Å². The molecule has 0 unspecified atom stereocenters. The minimum Gasteiger partial charge on any atom is -0.497 e. The fourth-order valence-corrected chi connectivity index (χ4v) is 2.76. The Kier molecular flexibility index (Phi) is 5.74. The molecule has 1 amide bonds. The monoisotopic (exact) mass is 382 g/mol. The number of benzene rings is 2. The molecular weight excluding hydrogens is 363 g/mol. The third-order valence-corrected chi connectivity index (χ3v) is 4.16. The van der Waals surface area contributed by atoms with Crippen molar-refractivity contribution in [2.75, 3.05) is 19.5 Å². The van der Waals surface area contributed by atoms with Crippen LogP contribution in [0.15, 0.2) is 65.6 Å². The Hall–Kier alpha value is -3.61. The molecule has 28 heavy (non-hydrogen) atoms. The number of hydrogen-bond acceptors (Lipinski definition) is 4. The number of carbonyl (C=O) groups excluding carboxylic acids is 1.